The van der Waals surface area contributed by atoms with Gasteiger partial charge in [0.25, 0.3) is 0 Å². The summed E-state index contributed by atoms with van der Waals surface area (Å²) in [5.74, 6) is -0.877. The summed E-state index contributed by atoms with van der Waals surface area (Å²) in [6.07, 6.45) is 3.29. The molecule has 0 atom stereocenters. The summed E-state index contributed by atoms with van der Waals surface area (Å²) in [6.45, 7) is 2.05. The molecule has 0 aliphatic heterocycles. The molecule has 108 valence electrons. The van der Waals surface area contributed by atoms with E-state index >= 15 is 0 Å². The van der Waals surface area contributed by atoms with Gasteiger partial charge >= 0.3 is 12.0 Å². The first kappa shape index (κ1) is 14.4. The second kappa shape index (κ2) is 5.94. The van der Waals surface area contributed by atoms with Crippen LogP contribution in [0.25, 0.3) is 0 Å². The number of hydrogen-bond donors (Lipinski definition) is 3. The van der Waals surface area contributed by atoms with E-state index in [0.29, 0.717) is 0 Å². The lowest BCUT2D eigenvalue weighted by molar-refractivity contribution is -0.139. The molecule has 5 heteroatoms. The Morgan fingerprint density at radius 3 is 2.65 bits per heavy atom. The van der Waals surface area contributed by atoms with E-state index in [1.165, 1.54) is 0 Å². The molecule has 1 aromatic carbocycles. The number of urea groups is 1. The van der Waals surface area contributed by atoms with E-state index in [1.807, 2.05) is 24.3 Å². The molecule has 0 aromatic heterocycles. The van der Waals surface area contributed by atoms with Gasteiger partial charge in [-0.15, -0.1) is 0 Å². The van der Waals surface area contributed by atoms with Crippen LogP contribution in [0.5, 0.6) is 0 Å². The molecule has 1 saturated carbocycles. The van der Waals surface area contributed by atoms with Crippen LogP contribution in [0.1, 0.15) is 38.2 Å². The maximum Gasteiger partial charge on any atom is 0.319 e. The smallest absolute Gasteiger partial charge is 0.319 e. The van der Waals surface area contributed by atoms with Gasteiger partial charge in [0.15, 0.2) is 0 Å². The molecule has 0 saturated heterocycles. The molecule has 2 rings (SSSR count). The molecular weight excluding hydrogens is 256 g/mol. The number of hydrogen-bond acceptors (Lipinski definition) is 2. The lowest BCUT2D eigenvalue weighted by Gasteiger charge is -2.41. The van der Waals surface area contributed by atoms with E-state index in [0.717, 1.165) is 36.9 Å². The Balaban J connectivity index is 1.96. The summed E-state index contributed by atoms with van der Waals surface area (Å²) in [6, 6.07) is 7.30. The number of aliphatic carboxylic acids is 1. The molecule has 20 heavy (non-hydrogen) atoms. The number of rotatable bonds is 5. The molecule has 0 radical (unpaired) electrons. The summed E-state index contributed by atoms with van der Waals surface area (Å²) in [5, 5.41) is 14.5. The predicted octanol–water partition coefficient (Wildman–Crippen LogP) is 2.77. The minimum atomic E-state index is -0.877. The monoisotopic (exact) mass is 276 g/mol. The molecule has 1 aliphatic rings. The average molecular weight is 276 g/mol. The van der Waals surface area contributed by atoms with Crippen molar-refractivity contribution >= 4 is 17.7 Å². The molecular formula is C15H20N2O3. The molecule has 0 unspecified atom stereocenters. The van der Waals surface area contributed by atoms with Gasteiger partial charge in [-0.05, 0) is 43.4 Å². The molecule has 2 amide bonds. The Kier molecular flexibility index (Phi) is 4.27. The first-order chi connectivity index (χ1) is 9.53. The zero-order valence-corrected chi connectivity index (χ0v) is 11.6. The van der Waals surface area contributed by atoms with Crippen molar-refractivity contribution < 1.29 is 14.7 Å². The lowest BCUT2D eigenvalue weighted by Crippen LogP contribution is -2.55. The van der Waals surface area contributed by atoms with Gasteiger partial charge in [-0.2, -0.15) is 0 Å². The fourth-order valence-corrected chi connectivity index (χ4v) is 2.51. The summed E-state index contributed by atoms with van der Waals surface area (Å²) < 4.78 is 0. The van der Waals surface area contributed by atoms with Crippen LogP contribution in [0.2, 0.25) is 0 Å². The first-order valence-corrected chi connectivity index (χ1v) is 6.93. The number of nitrogens with one attached hydrogen (secondary N) is 2. The third-order valence-corrected chi connectivity index (χ3v) is 3.77. The highest BCUT2D eigenvalue weighted by atomic mass is 16.4. The van der Waals surface area contributed by atoms with E-state index in [9.17, 15) is 9.59 Å². The minimum absolute atomic E-state index is 0.0184. The van der Waals surface area contributed by atoms with Crippen LogP contribution in [-0.4, -0.2) is 22.6 Å². The average Bonchev–Trinajstić information content (AvgIpc) is 2.35. The minimum Gasteiger partial charge on any atom is -0.481 e. The largest absolute Gasteiger partial charge is 0.481 e. The normalized spacial score (nSPS) is 16.1. The number of carbonyl (C=O) groups excluding carboxylic acids is 1. The highest BCUT2D eigenvalue weighted by molar-refractivity contribution is 5.90. The van der Waals surface area contributed by atoms with Gasteiger partial charge < -0.3 is 15.7 Å². The van der Waals surface area contributed by atoms with Gasteiger partial charge in [0.1, 0.15) is 0 Å². The number of carbonyl (C=O) groups is 2. The SMILES string of the molecule is CCc1cccc(NC(=O)NC2(CC(=O)O)CCC2)c1. The van der Waals surface area contributed by atoms with Gasteiger partial charge in [0.2, 0.25) is 0 Å². The van der Waals surface area contributed by atoms with Crippen LogP contribution in [0.15, 0.2) is 24.3 Å². The predicted molar refractivity (Wildman–Crippen MR) is 76.8 cm³/mol. The maximum atomic E-state index is 12.0. The zero-order chi connectivity index (χ0) is 14.6. The summed E-state index contributed by atoms with van der Waals surface area (Å²) in [4.78, 5) is 22.8. The highest BCUT2D eigenvalue weighted by Crippen LogP contribution is 2.34. The maximum absolute atomic E-state index is 12.0. The molecule has 5 nitrogen and oxygen atoms in total. The topological polar surface area (TPSA) is 78.4 Å². The zero-order valence-electron chi connectivity index (χ0n) is 11.6. The quantitative estimate of drug-likeness (QED) is 0.773. The van der Waals surface area contributed by atoms with Crippen molar-refractivity contribution in [2.75, 3.05) is 5.32 Å². The highest BCUT2D eigenvalue weighted by Gasteiger charge is 2.40. The van der Waals surface area contributed by atoms with Crippen LogP contribution < -0.4 is 10.6 Å². The van der Waals surface area contributed by atoms with Crippen molar-refractivity contribution in [3.63, 3.8) is 0 Å². The standard InChI is InChI=1S/C15H20N2O3/c1-2-11-5-3-6-12(9-11)16-14(20)17-15(7-4-8-15)10-13(18)19/h3,5-6,9H,2,4,7-8,10H2,1H3,(H,18,19)(H2,16,17,20). The van der Waals surface area contributed by atoms with Gasteiger partial charge in [0, 0.05) is 5.69 Å². The van der Waals surface area contributed by atoms with E-state index in [-0.39, 0.29) is 12.5 Å². The second-order valence-corrected chi connectivity index (χ2v) is 5.34. The Morgan fingerprint density at radius 2 is 2.10 bits per heavy atom. The van der Waals surface area contributed by atoms with Crippen LogP contribution >= 0.6 is 0 Å². The van der Waals surface area contributed by atoms with E-state index < -0.39 is 11.5 Å². The van der Waals surface area contributed by atoms with Gasteiger partial charge in [-0.3, -0.25) is 4.79 Å². The van der Waals surface area contributed by atoms with Crippen molar-refractivity contribution in [2.24, 2.45) is 0 Å². The van der Waals surface area contributed by atoms with Crippen molar-refractivity contribution in [3.05, 3.63) is 29.8 Å². The van der Waals surface area contributed by atoms with Crippen LogP contribution in [0.3, 0.4) is 0 Å². The number of amides is 2. The number of anilines is 1. The van der Waals surface area contributed by atoms with E-state index in [1.54, 1.807) is 0 Å². The Hall–Kier alpha value is -2.04. The number of aryl methyl sites for hydroxylation is 1. The Labute approximate surface area is 118 Å². The fourth-order valence-electron chi connectivity index (χ4n) is 2.51. The van der Waals surface area contributed by atoms with Crippen LogP contribution in [0.4, 0.5) is 10.5 Å². The van der Waals surface area contributed by atoms with Crippen LogP contribution in [-0.2, 0) is 11.2 Å². The summed E-state index contributed by atoms with van der Waals surface area (Å²) in [5.41, 5.74) is 1.30. The number of benzene rings is 1. The fraction of sp³-hybridized carbons (Fsp3) is 0.467. The van der Waals surface area contributed by atoms with Gasteiger partial charge in [0.05, 0.1) is 12.0 Å². The molecule has 0 bridgehead atoms. The molecule has 0 spiro atoms. The van der Waals surface area contributed by atoms with Crippen molar-refractivity contribution in [3.8, 4) is 0 Å². The van der Waals surface area contributed by atoms with E-state index in [2.05, 4.69) is 17.6 Å². The lowest BCUT2D eigenvalue weighted by atomic mass is 9.74. The van der Waals surface area contributed by atoms with Gasteiger partial charge in [-0.25, -0.2) is 4.79 Å². The third-order valence-electron chi connectivity index (χ3n) is 3.77. The third kappa shape index (κ3) is 3.50. The van der Waals surface area contributed by atoms with Gasteiger partial charge in [-0.1, -0.05) is 19.1 Å². The molecule has 1 aromatic rings. The summed E-state index contributed by atoms with van der Waals surface area (Å²) in [7, 11) is 0. The summed E-state index contributed by atoms with van der Waals surface area (Å²) >= 11 is 0. The Morgan fingerprint density at radius 1 is 1.35 bits per heavy atom. The molecule has 3 N–H and O–H groups in total. The van der Waals surface area contributed by atoms with Crippen molar-refractivity contribution in [1.82, 2.24) is 5.32 Å². The second-order valence-electron chi connectivity index (χ2n) is 5.34. The molecule has 1 aliphatic carbocycles. The van der Waals surface area contributed by atoms with E-state index in [4.69, 9.17) is 5.11 Å². The molecule has 0 heterocycles. The number of carboxylic acids is 1. The number of carboxylic acid groups (broad SMARTS) is 1. The van der Waals surface area contributed by atoms with Crippen LogP contribution in [0, 0.1) is 0 Å². The Bertz CT molecular complexity index is 510. The van der Waals surface area contributed by atoms with Crippen molar-refractivity contribution in [1.29, 1.82) is 0 Å². The molecule has 1 fully saturated rings. The first-order valence-electron chi connectivity index (χ1n) is 6.93. The van der Waals surface area contributed by atoms with Crippen molar-refractivity contribution in [2.45, 2.75) is 44.6 Å².